The Labute approximate surface area is 562 Å². The van der Waals surface area contributed by atoms with Crippen LogP contribution >= 0.6 is 0 Å². The highest BCUT2D eigenvalue weighted by Gasteiger charge is 2.37. The van der Waals surface area contributed by atoms with Crippen LogP contribution in [0.3, 0.4) is 0 Å². The normalized spacial score (nSPS) is 16.1. The highest BCUT2D eigenvalue weighted by atomic mass is 19.1. The van der Waals surface area contributed by atoms with Gasteiger partial charge >= 0.3 is 24.2 Å². The first-order chi connectivity index (χ1) is 47.1. The van der Waals surface area contributed by atoms with Crippen LogP contribution in [0.2, 0.25) is 0 Å². The molecule has 4 atom stereocenters. The van der Waals surface area contributed by atoms with Crippen molar-refractivity contribution in [1.82, 2.24) is 9.13 Å². The van der Waals surface area contributed by atoms with Crippen LogP contribution in [0.15, 0.2) is 170 Å². The molecule has 2 aromatic heterocycles. The van der Waals surface area contributed by atoms with Crippen molar-refractivity contribution in [3.63, 3.8) is 0 Å². The molecule has 0 radical (unpaired) electrons. The summed E-state index contributed by atoms with van der Waals surface area (Å²) in [4.78, 5) is 80.7. The van der Waals surface area contributed by atoms with Gasteiger partial charge in [-0.25, -0.2) is 18.4 Å². The molecule has 10 rings (SSSR count). The topological polar surface area (TPSA) is 219 Å². The molecule has 0 aliphatic carbocycles. The van der Waals surface area contributed by atoms with Gasteiger partial charge in [0.1, 0.15) is 49.3 Å². The quantitative estimate of drug-likeness (QED) is 0.0243. The van der Waals surface area contributed by atoms with Gasteiger partial charge in [-0.1, -0.05) is 125 Å². The lowest BCUT2D eigenvalue weighted by Gasteiger charge is -2.29. The van der Waals surface area contributed by atoms with Crippen molar-refractivity contribution < 1.29 is 80.2 Å². The number of ether oxygens (including phenoxy) is 9. The number of carbonyl (C=O) groups is 6. The lowest BCUT2D eigenvalue weighted by molar-refractivity contribution is -0.162. The summed E-state index contributed by atoms with van der Waals surface area (Å²) in [6, 6.07) is 49.7. The Morgan fingerprint density at radius 1 is 0.454 bits per heavy atom. The van der Waals surface area contributed by atoms with Crippen molar-refractivity contribution in [1.29, 1.82) is 0 Å². The van der Waals surface area contributed by atoms with E-state index in [1.165, 1.54) is 24.3 Å². The van der Waals surface area contributed by atoms with Crippen LogP contribution in [0.5, 0.6) is 0 Å². The minimum Gasteiger partial charge on any atom is -0.462 e. The summed E-state index contributed by atoms with van der Waals surface area (Å²) in [6.07, 6.45) is -4.18. The number of nitrogens with zero attached hydrogens (tertiary/aromatic N) is 2. The number of anilines is 2. The summed E-state index contributed by atoms with van der Waals surface area (Å²) < 4.78 is 83.0. The molecule has 2 aliphatic rings. The molecule has 0 bridgehead atoms. The predicted octanol–water partition coefficient (Wildman–Crippen LogP) is 15.0. The van der Waals surface area contributed by atoms with Crippen LogP contribution in [0, 0.1) is 11.6 Å². The SMILES string of the molecule is CC(C)c1c(C(=O)Nc2ccccc2)c(-c2ccccc2)c(-c2ccc(F)cc2)n1CCC1CC(OC(=O)OCCOCCOCCOCCOC(=O)OC2CC(=O)OC(CCn3c(-c4ccc(F)cc4)c(-c4ccccc4)c(C(=O)Nc4ccccc4)c3C(C)C)C2)CC(=O)O1. The average molecular weight is 1330 g/mol. The molecule has 2 fully saturated rings. The summed E-state index contributed by atoms with van der Waals surface area (Å²) in [6.45, 7) is 9.22. The third kappa shape index (κ3) is 18.7. The number of hydrogen-bond acceptors (Lipinski definition) is 15. The molecule has 2 amide bonds. The third-order valence-corrected chi connectivity index (χ3v) is 16.5. The first-order valence-corrected chi connectivity index (χ1v) is 32.8. The highest BCUT2D eigenvalue weighted by molar-refractivity contribution is 6.13. The molecule has 508 valence electrons. The van der Waals surface area contributed by atoms with E-state index in [0.717, 1.165) is 22.5 Å². The van der Waals surface area contributed by atoms with Gasteiger partial charge in [0.15, 0.2) is 0 Å². The second kappa shape index (κ2) is 34.1. The van der Waals surface area contributed by atoms with Crippen molar-refractivity contribution in [2.24, 2.45) is 0 Å². The minimum absolute atomic E-state index is 0.0444. The zero-order valence-corrected chi connectivity index (χ0v) is 54.7. The first-order valence-electron chi connectivity index (χ1n) is 32.8. The van der Waals surface area contributed by atoms with Crippen molar-refractivity contribution in [2.75, 3.05) is 63.5 Å². The standard InChI is InChI=1S/C76H80F2N4O15/c1-49(2)69-67(73(85)79-57-21-13-7-14-22-57)65(51-17-9-5-10-18-51)71(53-25-29-55(77)30-26-53)81(69)35-33-59-45-61(47-63(83)94-59)96-75(87)92-43-41-90-39-37-89-38-40-91-42-44-93-76(88)97-62-46-60(95-64(84)48-62)34-36-82-70(50(3)4)68(74(86)80-58-23-15-8-16-24-58)66(52-19-11-6-12-20-52)72(82)54-27-31-56(78)32-28-54/h5-32,49-50,59-62H,33-48H2,1-4H3,(H,79,85)(H,80,86). The Morgan fingerprint density at radius 3 is 1.12 bits per heavy atom. The van der Waals surface area contributed by atoms with E-state index in [1.807, 2.05) is 149 Å². The van der Waals surface area contributed by atoms with Gasteiger partial charge in [0, 0.05) is 72.7 Å². The molecule has 4 heterocycles. The maximum Gasteiger partial charge on any atom is 0.508 e. The molecule has 19 nitrogen and oxygen atoms in total. The minimum atomic E-state index is -0.964. The molecule has 0 spiro atoms. The maximum atomic E-state index is 14.5. The number of cyclic esters (lactones) is 2. The van der Waals surface area contributed by atoms with Crippen LogP contribution in [0.25, 0.3) is 44.8 Å². The molecule has 0 saturated carbocycles. The molecule has 2 N–H and O–H groups in total. The van der Waals surface area contributed by atoms with Crippen LogP contribution in [0.4, 0.5) is 29.7 Å². The lowest BCUT2D eigenvalue weighted by atomic mass is 9.94. The monoisotopic (exact) mass is 1330 g/mol. The highest BCUT2D eigenvalue weighted by Crippen LogP contribution is 2.45. The number of benzene rings is 6. The number of hydrogen-bond donors (Lipinski definition) is 2. The average Bonchev–Trinajstić information content (AvgIpc) is 1.60. The van der Waals surface area contributed by atoms with Gasteiger partial charge in [-0.2, -0.15) is 0 Å². The van der Waals surface area contributed by atoms with Crippen LogP contribution in [-0.2, 0) is 65.3 Å². The largest absolute Gasteiger partial charge is 0.508 e. The fourth-order valence-electron chi connectivity index (χ4n) is 12.4. The number of nitrogens with one attached hydrogen (secondary N) is 2. The van der Waals surface area contributed by atoms with Gasteiger partial charge in [0.2, 0.25) is 0 Å². The number of esters is 2. The van der Waals surface area contributed by atoms with E-state index in [4.69, 9.17) is 42.6 Å². The van der Waals surface area contributed by atoms with E-state index in [1.54, 1.807) is 24.3 Å². The Balaban J connectivity index is 0.634. The zero-order valence-electron chi connectivity index (χ0n) is 54.7. The van der Waals surface area contributed by atoms with Crippen LogP contribution in [0.1, 0.15) is 110 Å². The Kier molecular flexibility index (Phi) is 24.6. The molecule has 6 aromatic carbocycles. The molecule has 97 heavy (non-hydrogen) atoms. The summed E-state index contributed by atoms with van der Waals surface area (Å²) in [7, 11) is 0. The fourth-order valence-corrected chi connectivity index (χ4v) is 12.4. The van der Waals surface area contributed by atoms with Gasteiger partial charge in [-0.05, 0) is 107 Å². The van der Waals surface area contributed by atoms with E-state index in [0.29, 0.717) is 82.1 Å². The number of aromatic nitrogens is 2. The van der Waals surface area contributed by atoms with E-state index >= 15 is 0 Å². The molecule has 8 aromatic rings. The number of rotatable bonds is 30. The molecular formula is C76H80F2N4O15. The number of amides is 2. The van der Waals surface area contributed by atoms with Crippen molar-refractivity contribution in [3.8, 4) is 44.8 Å². The van der Waals surface area contributed by atoms with Gasteiger partial charge in [0.05, 0.1) is 75.0 Å². The number of para-hydroxylation sites is 2. The Morgan fingerprint density at radius 2 is 0.784 bits per heavy atom. The van der Waals surface area contributed by atoms with Crippen molar-refractivity contribution in [3.05, 3.63) is 204 Å². The van der Waals surface area contributed by atoms with E-state index in [-0.39, 0.29) is 102 Å². The fraction of sp³-hybridized carbons (Fsp3) is 0.342. The van der Waals surface area contributed by atoms with Gasteiger partial charge in [-0.3, -0.25) is 19.2 Å². The summed E-state index contributed by atoms with van der Waals surface area (Å²) in [5.41, 5.74) is 9.36. The molecular weight excluding hydrogens is 1250 g/mol. The number of carbonyl (C=O) groups excluding carboxylic acids is 6. The first kappa shape index (κ1) is 69.9. The van der Waals surface area contributed by atoms with Gasteiger partial charge in [0.25, 0.3) is 11.8 Å². The second-order valence-corrected chi connectivity index (χ2v) is 24.2. The molecule has 2 aliphatic heterocycles. The Bertz CT molecular complexity index is 3690. The smallest absolute Gasteiger partial charge is 0.462 e. The van der Waals surface area contributed by atoms with Crippen LogP contribution < -0.4 is 10.6 Å². The van der Waals surface area contributed by atoms with E-state index in [2.05, 4.69) is 19.8 Å². The summed E-state index contributed by atoms with van der Waals surface area (Å²) in [5.74, 6) is -2.84. The third-order valence-electron chi connectivity index (χ3n) is 16.5. The molecule has 21 heteroatoms. The summed E-state index contributed by atoms with van der Waals surface area (Å²) in [5, 5.41) is 6.15. The van der Waals surface area contributed by atoms with Gasteiger partial charge < -0.3 is 62.4 Å². The molecule has 4 unspecified atom stereocenters. The van der Waals surface area contributed by atoms with E-state index in [9.17, 15) is 37.5 Å². The van der Waals surface area contributed by atoms with Crippen LogP contribution in [-0.4, -0.2) is 122 Å². The van der Waals surface area contributed by atoms with E-state index < -0.39 is 60.3 Å². The summed E-state index contributed by atoms with van der Waals surface area (Å²) >= 11 is 0. The Hall–Kier alpha value is -9.96. The molecule has 2 saturated heterocycles. The zero-order chi connectivity index (χ0) is 68.2. The lowest BCUT2D eigenvalue weighted by Crippen LogP contribution is -2.36. The predicted molar refractivity (Wildman–Crippen MR) is 360 cm³/mol. The second-order valence-electron chi connectivity index (χ2n) is 24.2. The van der Waals surface area contributed by atoms with Gasteiger partial charge in [-0.15, -0.1) is 0 Å². The van der Waals surface area contributed by atoms with Crippen molar-refractivity contribution >= 4 is 47.4 Å². The number of halogens is 2. The van der Waals surface area contributed by atoms with Crippen molar-refractivity contribution in [2.45, 2.75) is 116 Å². The maximum absolute atomic E-state index is 14.5.